The van der Waals surface area contributed by atoms with Gasteiger partial charge in [-0.1, -0.05) is 84.9 Å². The van der Waals surface area contributed by atoms with E-state index in [0.717, 1.165) is 38.8 Å². The molecule has 4 aromatic carbocycles. The van der Waals surface area contributed by atoms with Crippen LogP contribution >= 0.6 is 15.9 Å². The second kappa shape index (κ2) is 9.57. The van der Waals surface area contributed by atoms with E-state index < -0.39 is 12.1 Å². The third-order valence-corrected chi connectivity index (χ3v) is 6.29. The molecule has 1 unspecified atom stereocenters. The summed E-state index contributed by atoms with van der Waals surface area (Å²) in [5.74, 6) is -0.459. The first-order valence-electron chi connectivity index (χ1n) is 10.9. The van der Waals surface area contributed by atoms with Crippen molar-refractivity contribution in [1.82, 2.24) is 0 Å². The molecule has 0 fully saturated rings. The molecule has 4 nitrogen and oxygen atoms in total. The molecular weight excluding hydrogens is 492 g/mol. The lowest BCUT2D eigenvalue weighted by molar-refractivity contribution is -0.145. The lowest BCUT2D eigenvalue weighted by Gasteiger charge is -2.15. The Morgan fingerprint density at radius 1 is 0.794 bits per heavy atom. The van der Waals surface area contributed by atoms with E-state index in [4.69, 9.17) is 9.15 Å². The molecule has 1 atom stereocenters. The van der Waals surface area contributed by atoms with Gasteiger partial charge in [0.1, 0.15) is 11.3 Å². The number of furan rings is 1. The molecular formula is C29H21BrO4. The van der Waals surface area contributed by atoms with Gasteiger partial charge in [0.2, 0.25) is 0 Å². The lowest BCUT2D eigenvalue weighted by Crippen LogP contribution is -2.29. The first-order valence-corrected chi connectivity index (χ1v) is 11.7. The monoisotopic (exact) mass is 512 g/mol. The Labute approximate surface area is 205 Å². The molecule has 1 aromatic heterocycles. The fraction of sp³-hybridized carbons (Fsp3) is 0.0690. The molecule has 5 rings (SSSR count). The number of benzene rings is 4. The molecule has 5 heteroatoms. The van der Waals surface area contributed by atoms with Crippen LogP contribution < -0.4 is 4.74 Å². The van der Waals surface area contributed by atoms with E-state index in [9.17, 15) is 9.90 Å². The summed E-state index contributed by atoms with van der Waals surface area (Å²) in [6, 6.07) is 33.2. The number of carboxylic acids is 1. The minimum Gasteiger partial charge on any atom is -0.478 e. The van der Waals surface area contributed by atoms with E-state index in [1.807, 2.05) is 78.9 Å². The predicted octanol–water partition coefficient (Wildman–Crippen LogP) is 7.60. The van der Waals surface area contributed by atoms with Crippen molar-refractivity contribution in [1.29, 1.82) is 0 Å². The molecule has 168 valence electrons. The molecule has 0 aliphatic carbocycles. The van der Waals surface area contributed by atoms with Crippen LogP contribution in [0.25, 0.3) is 33.2 Å². The van der Waals surface area contributed by atoms with Crippen molar-refractivity contribution in [3.05, 3.63) is 113 Å². The van der Waals surface area contributed by atoms with Gasteiger partial charge in [-0.05, 0) is 56.4 Å². The summed E-state index contributed by atoms with van der Waals surface area (Å²) in [4.78, 5) is 11.7. The molecule has 0 amide bonds. The minimum atomic E-state index is -0.985. The van der Waals surface area contributed by atoms with Crippen LogP contribution in [0.3, 0.4) is 0 Å². The van der Waals surface area contributed by atoms with Gasteiger partial charge >= 0.3 is 5.97 Å². The van der Waals surface area contributed by atoms with Crippen LogP contribution in [0.4, 0.5) is 0 Å². The SMILES string of the molecule is O=C(O)C(Cc1ccccc1)Oc1ccc(-c2ccc(-c3c(Br)oc4ccccc34)cc2)cc1. The van der Waals surface area contributed by atoms with Crippen LogP contribution in [0.1, 0.15) is 5.56 Å². The van der Waals surface area contributed by atoms with Gasteiger partial charge in [0, 0.05) is 17.4 Å². The zero-order valence-electron chi connectivity index (χ0n) is 18.1. The van der Waals surface area contributed by atoms with Crippen LogP contribution in [0, 0.1) is 0 Å². The summed E-state index contributed by atoms with van der Waals surface area (Å²) in [5, 5.41) is 10.6. The van der Waals surface area contributed by atoms with Gasteiger partial charge in [0.25, 0.3) is 0 Å². The average molecular weight is 513 g/mol. The third kappa shape index (κ3) is 4.61. The number of hydrogen-bond acceptors (Lipinski definition) is 3. The normalized spacial score (nSPS) is 11.9. The number of carbonyl (C=O) groups is 1. The van der Waals surface area contributed by atoms with Crippen molar-refractivity contribution in [3.63, 3.8) is 0 Å². The summed E-state index contributed by atoms with van der Waals surface area (Å²) >= 11 is 3.55. The Balaban J connectivity index is 1.33. The minimum absolute atomic E-state index is 0.303. The maximum absolute atomic E-state index is 11.7. The Hall–Kier alpha value is -3.83. The van der Waals surface area contributed by atoms with Gasteiger partial charge in [-0.2, -0.15) is 0 Å². The Morgan fingerprint density at radius 3 is 2.06 bits per heavy atom. The average Bonchev–Trinajstić information content (AvgIpc) is 3.20. The van der Waals surface area contributed by atoms with Gasteiger partial charge < -0.3 is 14.3 Å². The quantitative estimate of drug-likeness (QED) is 0.243. The number of carboxylic acid groups (broad SMARTS) is 1. The number of para-hydroxylation sites is 1. The zero-order valence-corrected chi connectivity index (χ0v) is 19.7. The second-order valence-electron chi connectivity index (χ2n) is 7.98. The molecule has 0 saturated carbocycles. The predicted molar refractivity (Wildman–Crippen MR) is 137 cm³/mol. The van der Waals surface area contributed by atoms with Crippen molar-refractivity contribution in [2.45, 2.75) is 12.5 Å². The van der Waals surface area contributed by atoms with Gasteiger partial charge in [-0.3, -0.25) is 0 Å². The Bertz CT molecular complexity index is 1420. The smallest absolute Gasteiger partial charge is 0.345 e. The number of rotatable bonds is 7. The van der Waals surface area contributed by atoms with E-state index >= 15 is 0 Å². The highest BCUT2D eigenvalue weighted by molar-refractivity contribution is 9.10. The fourth-order valence-corrected chi connectivity index (χ4v) is 4.63. The number of halogens is 1. The molecule has 0 spiro atoms. The Morgan fingerprint density at radius 2 is 1.38 bits per heavy atom. The van der Waals surface area contributed by atoms with Gasteiger partial charge in [0.05, 0.1) is 0 Å². The van der Waals surface area contributed by atoms with E-state index in [1.54, 1.807) is 0 Å². The number of hydrogen-bond donors (Lipinski definition) is 1. The van der Waals surface area contributed by atoms with Crippen LogP contribution in [0.15, 0.2) is 112 Å². The van der Waals surface area contributed by atoms with E-state index in [1.165, 1.54) is 0 Å². The molecule has 0 saturated heterocycles. The van der Waals surface area contributed by atoms with Crippen molar-refractivity contribution in [2.24, 2.45) is 0 Å². The molecule has 1 heterocycles. The van der Waals surface area contributed by atoms with Gasteiger partial charge in [-0.25, -0.2) is 4.79 Å². The molecule has 1 N–H and O–H groups in total. The number of fused-ring (bicyclic) bond motifs is 1. The zero-order chi connectivity index (χ0) is 23.5. The largest absolute Gasteiger partial charge is 0.478 e. The standard InChI is InChI=1S/C29H21BrO4/c30-28-27(24-8-4-5-9-25(24)34-28)22-12-10-20(11-13-22)21-14-16-23(17-15-21)33-26(29(31)32)18-19-6-2-1-3-7-19/h1-17,26H,18H2,(H,31,32). The highest BCUT2D eigenvalue weighted by Crippen LogP contribution is 2.38. The fourth-order valence-electron chi connectivity index (χ4n) is 4.01. The van der Waals surface area contributed by atoms with E-state index in [2.05, 4.69) is 40.2 Å². The van der Waals surface area contributed by atoms with E-state index in [-0.39, 0.29) is 0 Å². The summed E-state index contributed by atoms with van der Waals surface area (Å²) in [6.45, 7) is 0. The molecule has 0 bridgehead atoms. The number of ether oxygens (including phenoxy) is 1. The lowest BCUT2D eigenvalue weighted by atomic mass is 10.00. The van der Waals surface area contributed by atoms with Crippen LogP contribution in [0.5, 0.6) is 5.75 Å². The van der Waals surface area contributed by atoms with Gasteiger partial charge in [-0.15, -0.1) is 0 Å². The van der Waals surface area contributed by atoms with Crippen LogP contribution in [-0.2, 0) is 11.2 Å². The molecule has 0 aliphatic rings. The van der Waals surface area contributed by atoms with Crippen molar-refractivity contribution >= 4 is 32.9 Å². The summed E-state index contributed by atoms with van der Waals surface area (Å²) < 4.78 is 12.3. The van der Waals surface area contributed by atoms with E-state index in [0.29, 0.717) is 16.8 Å². The summed E-state index contributed by atoms with van der Waals surface area (Å²) in [6.07, 6.45) is -0.645. The van der Waals surface area contributed by atoms with Crippen LogP contribution in [-0.4, -0.2) is 17.2 Å². The number of aliphatic carboxylic acids is 1. The molecule has 5 aromatic rings. The van der Waals surface area contributed by atoms with Crippen LogP contribution in [0.2, 0.25) is 0 Å². The van der Waals surface area contributed by atoms with Crippen molar-refractivity contribution in [3.8, 4) is 28.0 Å². The maximum atomic E-state index is 11.7. The second-order valence-corrected chi connectivity index (χ2v) is 8.70. The first kappa shape index (κ1) is 22.0. The molecule has 34 heavy (non-hydrogen) atoms. The highest BCUT2D eigenvalue weighted by atomic mass is 79.9. The first-order chi connectivity index (χ1) is 16.6. The highest BCUT2D eigenvalue weighted by Gasteiger charge is 2.20. The Kier molecular flexibility index (Phi) is 6.19. The van der Waals surface area contributed by atoms with Crippen molar-refractivity contribution < 1.29 is 19.1 Å². The third-order valence-electron chi connectivity index (χ3n) is 5.73. The maximum Gasteiger partial charge on any atom is 0.345 e. The molecule has 0 aliphatic heterocycles. The summed E-state index contributed by atoms with van der Waals surface area (Å²) in [5.41, 5.74) is 5.93. The molecule has 0 radical (unpaired) electrons. The summed E-state index contributed by atoms with van der Waals surface area (Å²) in [7, 11) is 0. The van der Waals surface area contributed by atoms with Crippen molar-refractivity contribution in [2.75, 3.05) is 0 Å². The topological polar surface area (TPSA) is 59.7 Å². The van der Waals surface area contributed by atoms with Gasteiger partial charge in [0.15, 0.2) is 10.8 Å².